The molecule has 24 heavy (non-hydrogen) atoms. The lowest BCUT2D eigenvalue weighted by Gasteiger charge is -2.34. The molecule has 1 aliphatic rings. The predicted octanol–water partition coefficient (Wildman–Crippen LogP) is 3.04. The zero-order valence-electron chi connectivity index (χ0n) is 13.4. The number of hydrogen-bond donors (Lipinski definition) is 0. The topological polar surface area (TPSA) is 36.4 Å². The fourth-order valence-electron chi connectivity index (χ4n) is 2.79. The van der Waals surface area contributed by atoms with Crippen molar-refractivity contribution in [3.8, 4) is 0 Å². The van der Waals surface area contributed by atoms with Gasteiger partial charge >= 0.3 is 0 Å². The van der Waals surface area contributed by atoms with Crippen LogP contribution in [0.3, 0.4) is 0 Å². The minimum Gasteiger partial charge on any atom is -0.340 e. The van der Waals surface area contributed by atoms with Gasteiger partial charge in [-0.15, -0.1) is 12.4 Å². The van der Waals surface area contributed by atoms with E-state index in [1.54, 1.807) is 0 Å². The summed E-state index contributed by atoms with van der Waals surface area (Å²) in [6.45, 7) is 4.32. The molecule has 2 aromatic rings. The average Bonchev–Trinajstić information content (AvgIpc) is 2.58. The van der Waals surface area contributed by atoms with Crippen LogP contribution in [0.1, 0.15) is 11.1 Å². The first-order valence-corrected chi connectivity index (χ1v) is 8.22. The summed E-state index contributed by atoms with van der Waals surface area (Å²) in [6, 6.07) is 11.6. The Morgan fingerprint density at radius 2 is 1.58 bits per heavy atom. The van der Waals surface area contributed by atoms with Crippen LogP contribution < -0.4 is 0 Å². The number of carbonyl (C=O) groups is 1. The first kappa shape index (κ1) is 18.7. The predicted molar refractivity (Wildman–Crippen MR) is 98.5 cm³/mol. The highest BCUT2D eigenvalue weighted by molar-refractivity contribution is 6.30. The van der Waals surface area contributed by atoms with Crippen LogP contribution in [-0.4, -0.2) is 46.9 Å². The maximum atomic E-state index is 12.4. The second kappa shape index (κ2) is 9.02. The molecule has 6 heteroatoms. The van der Waals surface area contributed by atoms with E-state index in [1.807, 2.05) is 53.7 Å². The van der Waals surface area contributed by atoms with E-state index < -0.39 is 0 Å². The van der Waals surface area contributed by atoms with Crippen molar-refractivity contribution in [3.05, 3.63) is 64.9 Å². The Morgan fingerprint density at radius 3 is 2.21 bits per heavy atom. The van der Waals surface area contributed by atoms with Gasteiger partial charge in [-0.05, 0) is 35.4 Å². The molecule has 0 radical (unpaired) electrons. The molecule has 1 amide bonds. The number of hydrogen-bond acceptors (Lipinski definition) is 3. The number of amides is 1. The largest absolute Gasteiger partial charge is 0.340 e. The lowest BCUT2D eigenvalue weighted by molar-refractivity contribution is -0.132. The number of carbonyl (C=O) groups excluding carboxylic acids is 1. The number of rotatable bonds is 4. The quantitative estimate of drug-likeness (QED) is 0.835. The molecule has 0 saturated carbocycles. The molecule has 0 spiro atoms. The third-order valence-electron chi connectivity index (χ3n) is 4.15. The summed E-state index contributed by atoms with van der Waals surface area (Å²) in [7, 11) is 0. The van der Waals surface area contributed by atoms with Crippen LogP contribution in [0.25, 0.3) is 0 Å². The van der Waals surface area contributed by atoms with Crippen molar-refractivity contribution >= 4 is 29.9 Å². The Kier molecular flexibility index (Phi) is 7.03. The summed E-state index contributed by atoms with van der Waals surface area (Å²) in [4.78, 5) is 20.8. The van der Waals surface area contributed by atoms with Gasteiger partial charge in [0.05, 0.1) is 6.42 Å². The van der Waals surface area contributed by atoms with Gasteiger partial charge in [0.15, 0.2) is 0 Å². The first-order valence-electron chi connectivity index (χ1n) is 7.84. The molecule has 0 bridgehead atoms. The van der Waals surface area contributed by atoms with Gasteiger partial charge in [-0.25, -0.2) is 0 Å². The zero-order chi connectivity index (χ0) is 16.1. The molecule has 1 aromatic carbocycles. The van der Waals surface area contributed by atoms with E-state index in [1.165, 1.54) is 5.56 Å². The smallest absolute Gasteiger partial charge is 0.227 e. The Balaban J connectivity index is 0.00000208. The number of piperazine rings is 1. The van der Waals surface area contributed by atoms with Crippen molar-refractivity contribution in [2.45, 2.75) is 13.0 Å². The summed E-state index contributed by atoms with van der Waals surface area (Å²) in [5.41, 5.74) is 2.28. The molecule has 3 rings (SSSR count). The van der Waals surface area contributed by atoms with Crippen LogP contribution in [0.4, 0.5) is 0 Å². The van der Waals surface area contributed by atoms with Crippen molar-refractivity contribution < 1.29 is 4.79 Å². The van der Waals surface area contributed by atoms with Crippen LogP contribution in [0.5, 0.6) is 0 Å². The van der Waals surface area contributed by atoms with Gasteiger partial charge in [-0.3, -0.25) is 14.7 Å². The second-order valence-corrected chi connectivity index (χ2v) is 6.25. The maximum Gasteiger partial charge on any atom is 0.227 e. The molecule has 0 unspecified atom stereocenters. The summed E-state index contributed by atoms with van der Waals surface area (Å²) < 4.78 is 0. The van der Waals surface area contributed by atoms with Crippen LogP contribution in [0.15, 0.2) is 48.8 Å². The number of nitrogens with zero attached hydrogens (tertiary/aromatic N) is 3. The van der Waals surface area contributed by atoms with Gasteiger partial charge in [0.1, 0.15) is 0 Å². The van der Waals surface area contributed by atoms with Crippen molar-refractivity contribution in [1.29, 1.82) is 0 Å². The lowest BCUT2D eigenvalue weighted by Crippen LogP contribution is -2.48. The summed E-state index contributed by atoms with van der Waals surface area (Å²) in [5, 5.41) is 0.700. The van der Waals surface area contributed by atoms with Crippen molar-refractivity contribution in [2.24, 2.45) is 0 Å². The maximum absolute atomic E-state index is 12.4. The Hall–Kier alpha value is -1.62. The second-order valence-electron chi connectivity index (χ2n) is 5.82. The van der Waals surface area contributed by atoms with Crippen LogP contribution in [0, 0.1) is 0 Å². The van der Waals surface area contributed by atoms with Crippen LogP contribution in [-0.2, 0) is 17.8 Å². The molecule has 4 nitrogen and oxygen atoms in total. The number of halogens is 2. The van der Waals surface area contributed by atoms with E-state index in [-0.39, 0.29) is 18.3 Å². The first-order chi connectivity index (χ1) is 11.2. The minimum absolute atomic E-state index is 0. The van der Waals surface area contributed by atoms with E-state index in [4.69, 9.17) is 11.6 Å². The van der Waals surface area contributed by atoms with Gasteiger partial charge in [0.25, 0.3) is 0 Å². The molecular weight excluding hydrogens is 345 g/mol. The fourth-order valence-corrected chi connectivity index (χ4v) is 2.92. The Labute approximate surface area is 153 Å². The van der Waals surface area contributed by atoms with E-state index in [2.05, 4.69) is 9.88 Å². The molecule has 1 aliphatic heterocycles. The van der Waals surface area contributed by atoms with E-state index in [9.17, 15) is 4.79 Å². The standard InChI is InChI=1S/C18H20ClN3O.ClH/c19-17-3-1-15(2-4-17)13-18(23)22-11-9-21(10-12-22)14-16-5-7-20-8-6-16;/h1-8H,9-14H2;1H. The number of aromatic nitrogens is 1. The summed E-state index contributed by atoms with van der Waals surface area (Å²) >= 11 is 5.87. The highest BCUT2D eigenvalue weighted by Crippen LogP contribution is 2.12. The van der Waals surface area contributed by atoms with Gasteiger partial charge < -0.3 is 4.90 Å². The van der Waals surface area contributed by atoms with Gasteiger partial charge in [0.2, 0.25) is 5.91 Å². The SMILES string of the molecule is Cl.O=C(Cc1ccc(Cl)cc1)N1CCN(Cc2ccncc2)CC1. The lowest BCUT2D eigenvalue weighted by atomic mass is 10.1. The highest BCUT2D eigenvalue weighted by Gasteiger charge is 2.21. The molecular formula is C18H21Cl2N3O. The average molecular weight is 366 g/mol. The summed E-state index contributed by atoms with van der Waals surface area (Å²) in [6.07, 6.45) is 4.09. The van der Waals surface area contributed by atoms with E-state index >= 15 is 0 Å². The molecule has 1 saturated heterocycles. The minimum atomic E-state index is 0. The normalized spacial score (nSPS) is 15.0. The van der Waals surface area contributed by atoms with Crippen molar-refractivity contribution in [1.82, 2.24) is 14.8 Å². The molecule has 0 aliphatic carbocycles. The molecule has 0 atom stereocenters. The number of pyridine rings is 1. The van der Waals surface area contributed by atoms with E-state index in [0.717, 1.165) is 38.3 Å². The van der Waals surface area contributed by atoms with Crippen molar-refractivity contribution in [2.75, 3.05) is 26.2 Å². The van der Waals surface area contributed by atoms with Crippen molar-refractivity contribution in [3.63, 3.8) is 0 Å². The molecule has 2 heterocycles. The highest BCUT2D eigenvalue weighted by atomic mass is 35.5. The number of benzene rings is 1. The molecule has 1 fully saturated rings. The van der Waals surface area contributed by atoms with Gasteiger partial charge in [0, 0.05) is 50.1 Å². The van der Waals surface area contributed by atoms with E-state index in [0.29, 0.717) is 11.4 Å². The molecule has 128 valence electrons. The molecule has 1 aromatic heterocycles. The third-order valence-corrected chi connectivity index (χ3v) is 4.40. The van der Waals surface area contributed by atoms with Crippen LogP contribution in [0.2, 0.25) is 5.02 Å². The van der Waals surface area contributed by atoms with Gasteiger partial charge in [-0.2, -0.15) is 0 Å². The van der Waals surface area contributed by atoms with Crippen LogP contribution >= 0.6 is 24.0 Å². The Morgan fingerprint density at radius 1 is 0.958 bits per heavy atom. The Bertz CT molecular complexity index is 641. The third kappa shape index (κ3) is 5.20. The fraction of sp³-hybridized carbons (Fsp3) is 0.333. The summed E-state index contributed by atoms with van der Waals surface area (Å²) in [5.74, 6) is 0.191. The van der Waals surface area contributed by atoms with Gasteiger partial charge in [-0.1, -0.05) is 23.7 Å². The molecule has 0 N–H and O–H groups in total. The monoisotopic (exact) mass is 365 g/mol. The zero-order valence-corrected chi connectivity index (χ0v) is 15.0.